The largest absolute Gasteiger partial charge is 0.381 e. The van der Waals surface area contributed by atoms with Crippen LogP contribution in [0.3, 0.4) is 0 Å². The topological polar surface area (TPSA) is 50.4 Å². The molecule has 1 atom stereocenters. The predicted molar refractivity (Wildman–Crippen MR) is 86.8 cm³/mol. The van der Waals surface area contributed by atoms with Gasteiger partial charge in [-0.25, -0.2) is 0 Å². The molecule has 1 aromatic rings. The van der Waals surface area contributed by atoms with Crippen molar-refractivity contribution in [2.45, 2.75) is 31.1 Å². The molecule has 0 saturated carbocycles. The molecule has 2 aliphatic rings. The van der Waals surface area contributed by atoms with E-state index in [0.717, 1.165) is 58.5 Å². The van der Waals surface area contributed by atoms with Crippen LogP contribution in [0.4, 0.5) is 0 Å². The third kappa shape index (κ3) is 3.50. The van der Waals surface area contributed by atoms with E-state index in [1.165, 1.54) is 5.56 Å². The van der Waals surface area contributed by atoms with Crippen molar-refractivity contribution < 1.29 is 9.53 Å². The number of hydrogen-bond acceptors (Lipinski definition) is 3. The van der Waals surface area contributed by atoms with Crippen molar-refractivity contribution in [2.24, 2.45) is 5.92 Å². The highest BCUT2D eigenvalue weighted by Crippen LogP contribution is 2.34. The number of carbonyl (C=O) groups is 1. The van der Waals surface area contributed by atoms with Crippen molar-refractivity contribution in [1.29, 1.82) is 0 Å². The summed E-state index contributed by atoms with van der Waals surface area (Å²) in [6.07, 6.45) is 4.04. The second-order valence-electron chi connectivity index (χ2n) is 6.52. The molecular weight excluding hydrogens is 276 g/mol. The van der Waals surface area contributed by atoms with Gasteiger partial charge in [0.05, 0.1) is 5.92 Å². The minimum atomic E-state index is 0.0251. The Balaban J connectivity index is 1.67. The summed E-state index contributed by atoms with van der Waals surface area (Å²) in [5, 5.41) is 6.54. The molecule has 0 aromatic heterocycles. The van der Waals surface area contributed by atoms with Crippen LogP contribution in [0.2, 0.25) is 0 Å². The quantitative estimate of drug-likeness (QED) is 0.892. The molecule has 120 valence electrons. The second kappa shape index (κ2) is 7.25. The van der Waals surface area contributed by atoms with Crippen LogP contribution in [-0.2, 0) is 14.9 Å². The minimum absolute atomic E-state index is 0.0251. The third-order valence-corrected chi connectivity index (χ3v) is 5.10. The van der Waals surface area contributed by atoms with E-state index in [1.54, 1.807) is 0 Å². The van der Waals surface area contributed by atoms with Gasteiger partial charge < -0.3 is 15.4 Å². The van der Waals surface area contributed by atoms with Crippen molar-refractivity contribution in [2.75, 3.05) is 32.8 Å². The van der Waals surface area contributed by atoms with Crippen LogP contribution in [-0.4, -0.2) is 38.8 Å². The van der Waals surface area contributed by atoms with E-state index in [4.69, 9.17) is 4.74 Å². The third-order valence-electron chi connectivity index (χ3n) is 5.10. The number of piperidine rings is 1. The molecule has 2 fully saturated rings. The number of amides is 1. The van der Waals surface area contributed by atoms with Crippen molar-refractivity contribution in [3.8, 4) is 0 Å². The number of hydrogen-bond donors (Lipinski definition) is 2. The molecule has 0 aliphatic carbocycles. The lowest BCUT2D eigenvalue weighted by Crippen LogP contribution is -2.48. The van der Waals surface area contributed by atoms with Crippen LogP contribution < -0.4 is 10.6 Å². The highest BCUT2D eigenvalue weighted by molar-refractivity contribution is 5.79. The summed E-state index contributed by atoms with van der Waals surface area (Å²) in [5.74, 6) is 0.329. The fourth-order valence-corrected chi connectivity index (χ4v) is 3.60. The summed E-state index contributed by atoms with van der Waals surface area (Å²) in [6.45, 7) is 4.11. The van der Waals surface area contributed by atoms with E-state index in [2.05, 4.69) is 34.9 Å². The summed E-state index contributed by atoms with van der Waals surface area (Å²) >= 11 is 0. The summed E-state index contributed by atoms with van der Waals surface area (Å²) in [5.41, 5.74) is 1.34. The summed E-state index contributed by atoms with van der Waals surface area (Å²) in [7, 11) is 0. The Morgan fingerprint density at radius 3 is 2.73 bits per heavy atom. The fraction of sp³-hybridized carbons (Fsp3) is 0.611. The Bertz CT molecular complexity index is 477. The number of carbonyl (C=O) groups excluding carboxylic acids is 1. The zero-order valence-corrected chi connectivity index (χ0v) is 13.1. The molecule has 4 nitrogen and oxygen atoms in total. The Kier molecular flexibility index (Phi) is 5.11. The molecule has 1 aromatic carbocycles. The molecule has 4 heteroatoms. The van der Waals surface area contributed by atoms with Crippen LogP contribution in [0, 0.1) is 5.92 Å². The molecule has 0 spiro atoms. The first kappa shape index (κ1) is 15.5. The number of rotatable bonds is 4. The maximum atomic E-state index is 12.4. The van der Waals surface area contributed by atoms with Gasteiger partial charge >= 0.3 is 0 Å². The molecule has 0 radical (unpaired) electrons. The molecule has 1 amide bonds. The fourth-order valence-electron chi connectivity index (χ4n) is 3.60. The van der Waals surface area contributed by atoms with Gasteiger partial charge in [0.25, 0.3) is 0 Å². The predicted octanol–water partition coefficient (Wildman–Crippen LogP) is 1.85. The van der Waals surface area contributed by atoms with Gasteiger partial charge in [-0.2, -0.15) is 0 Å². The van der Waals surface area contributed by atoms with Crippen LogP contribution in [0.15, 0.2) is 30.3 Å². The smallest absolute Gasteiger partial charge is 0.224 e. The van der Waals surface area contributed by atoms with E-state index >= 15 is 0 Å². The summed E-state index contributed by atoms with van der Waals surface area (Å²) < 4.78 is 5.55. The van der Waals surface area contributed by atoms with Gasteiger partial charge in [0.2, 0.25) is 5.91 Å². The zero-order chi connectivity index (χ0) is 15.3. The first-order chi connectivity index (χ1) is 10.8. The van der Waals surface area contributed by atoms with Crippen molar-refractivity contribution in [3.63, 3.8) is 0 Å². The van der Waals surface area contributed by atoms with Crippen LogP contribution in [0.25, 0.3) is 0 Å². The molecule has 2 N–H and O–H groups in total. The Morgan fingerprint density at radius 2 is 2.05 bits per heavy atom. The van der Waals surface area contributed by atoms with E-state index < -0.39 is 0 Å². The Hall–Kier alpha value is -1.39. The van der Waals surface area contributed by atoms with Gasteiger partial charge in [-0.15, -0.1) is 0 Å². The second-order valence-corrected chi connectivity index (χ2v) is 6.52. The minimum Gasteiger partial charge on any atom is -0.381 e. The SMILES string of the molecule is O=C(NCC1(c2ccccc2)CCOCC1)C1CCCNC1. The van der Waals surface area contributed by atoms with Crippen LogP contribution >= 0.6 is 0 Å². The van der Waals surface area contributed by atoms with Gasteiger partial charge in [-0.3, -0.25) is 4.79 Å². The summed E-state index contributed by atoms with van der Waals surface area (Å²) in [6, 6.07) is 10.6. The molecular formula is C18H26N2O2. The lowest BCUT2D eigenvalue weighted by molar-refractivity contribution is -0.126. The number of ether oxygens (including phenoxy) is 1. The first-order valence-electron chi connectivity index (χ1n) is 8.42. The van der Waals surface area contributed by atoms with Crippen molar-refractivity contribution >= 4 is 5.91 Å². The Labute approximate surface area is 132 Å². The molecule has 22 heavy (non-hydrogen) atoms. The van der Waals surface area contributed by atoms with Gasteiger partial charge in [-0.05, 0) is 37.8 Å². The van der Waals surface area contributed by atoms with E-state index in [9.17, 15) is 4.79 Å². The number of benzene rings is 1. The van der Waals surface area contributed by atoms with Gasteiger partial charge in [0.1, 0.15) is 0 Å². The van der Waals surface area contributed by atoms with E-state index in [-0.39, 0.29) is 17.2 Å². The highest BCUT2D eigenvalue weighted by atomic mass is 16.5. The average molecular weight is 302 g/mol. The highest BCUT2D eigenvalue weighted by Gasteiger charge is 2.35. The maximum Gasteiger partial charge on any atom is 0.224 e. The van der Waals surface area contributed by atoms with Crippen molar-refractivity contribution in [1.82, 2.24) is 10.6 Å². The standard InChI is InChI=1S/C18H26N2O2/c21-17(15-5-4-10-19-13-15)20-14-18(8-11-22-12-9-18)16-6-2-1-3-7-16/h1-3,6-7,15,19H,4-5,8-14H2,(H,20,21). The van der Waals surface area contributed by atoms with Crippen molar-refractivity contribution in [3.05, 3.63) is 35.9 Å². The molecule has 3 rings (SSSR count). The summed E-state index contributed by atoms with van der Waals surface area (Å²) in [4.78, 5) is 12.4. The molecule has 2 saturated heterocycles. The monoisotopic (exact) mass is 302 g/mol. The first-order valence-corrected chi connectivity index (χ1v) is 8.42. The Morgan fingerprint density at radius 1 is 1.27 bits per heavy atom. The lowest BCUT2D eigenvalue weighted by Gasteiger charge is -2.38. The molecule has 2 aliphatic heterocycles. The van der Waals surface area contributed by atoms with Gasteiger partial charge in [-0.1, -0.05) is 30.3 Å². The zero-order valence-electron chi connectivity index (χ0n) is 13.1. The van der Waals surface area contributed by atoms with Gasteiger partial charge in [0.15, 0.2) is 0 Å². The van der Waals surface area contributed by atoms with E-state index in [1.807, 2.05) is 6.07 Å². The van der Waals surface area contributed by atoms with Crippen LogP contribution in [0.1, 0.15) is 31.2 Å². The lowest BCUT2D eigenvalue weighted by atomic mass is 9.74. The molecule has 0 bridgehead atoms. The molecule has 2 heterocycles. The van der Waals surface area contributed by atoms with E-state index in [0.29, 0.717) is 0 Å². The maximum absolute atomic E-state index is 12.4. The number of nitrogens with one attached hydrogen (secondary N) is 2. The normalized spacial score (nSPS) is 24.6. The van der Waals surface area contributed by atoms with Gasteiger partial charge in [0, 0.05) is 31.7 Å². The molecule has 1 unspecified atom stereocenters. The van der Waals surface area contributed by atoms with Crippen LogP contribution in [0.5, 0.6) is 0 Å². The average Bonchev–Trinajstić information content (AvgIpc) is 2.62.